The third-order valence-corrected chi connectivity index (χ3v) is 3.95. The first-order chi connectivity index (χ1) is 12.8. The van der Waals surface area contributed by atoms with Gasteiger partial charge in [-0.25, -0.2) is 4.79 Å². The molecule has 0 aliphatic carbocycles. The minimum atomic E-state index is -1.06. The standard InChI is InChI=1S/C22H18O4/c23-16-26-21(20-9-5-2-6-10-20)22(24)25-15-17-11-13-19(14-12-17)18-7-3-1-4-8-18/h1-14,16,21H,15H2. The first-order valence-corrected chi connectivity index (χ1v) is 8.23. The van der Waals surface area contributed by atoms with Gasteiger partial charge in [0.1, 0.15) is 6.61 Å². The second kappa shape index (κ2) is 8.62. The summed E-state index contributed by atoms with van der Waals surface area (Å²) in [5.74, 6) is -0.601. The second-order valence-corrected chi connectivity index (χ2v) is 5.69. The zero-order chi connectivity index (χ0) is 18.2. The van der Waals surface area contributed by atoms with E-state index in [1.807, 2.05) is 60.7 Å². The van der Waals surface area contributed by atoms with Crippen LogP contribution in [0.3, 0.4) is 0 Å². The molecule has 1 atom stereocenters. The van der Waals surface area contributed by atoms with Crippen molar-refractivity contribution in [1.29, 1.82) is 0 Å². The van der Waals surface area contributed by atoms with Crippen LogP contribution in [-0.2, 0) is 25.7 Å². The number of hydrogen-bond donors (Lipinski definition) is 0. The predicted octanol–water partition coefficient (Wildman–Crippen LogP) is 4.31. The Morgan fingerprint density at radius 2 is 1.38 bits per heavy atom. The molecule has 0 saturated carbocycles. The lowest BCUT2D eigenvalue weighted by atomic mass is 10.0. The zero-order valence-corrected chi connectivity index (χ0v) is 14.1. The van der Waals surface area contributed by atoms with Crippen LogP contribution in [0.5, 0.6) is 0 Å². The van der Waals surface area contributed by atoms with Gasteiger partial charge >= 0.3 is 5.97 Å². The summed E-state index contributed by atoms with van der Waals surface area (Å²) in [5.41, 5.74) is 3.65. The van der Waals surface area contributed by atoms with Crippen LogP contribution < -0.4 is 0 Å². The van der Waals surface area contributed by atoms with Crippen molar-refractivity contribution in [3.63, 3.8) is 0 Å². The number of rotatable bonds is 7. The molecule has 0 N–H and O–H groups in total. The lowest BCUT2D eigenvalue weighted by molar-refractivity contribution is -0.163. The molecule has 0 spiro atoms. The number of ether oxygens (including phenoxy) is 2. The summed E-state index contributed by atoms with van der Waals surface area (Å²) in [6.07, 6.45) is -1.06. The van der Waals surface area contributed by atoms with E-state index in [0.29, 0.717) is 5.56 Å². The maximum atomic E-state index is 12.3. The fourth-order valence-corrected chi connectivity index (χ4v) is 2.61. The largest absolute Gasteiger partial charge is 0.458 e. The highest BCUT2D eigenvalue weighted by Crippen LogP contribution is 2.21. The number of carbonyl (C=O) groups excluding carboxylic acids is 2. The van der Waals surface area contributed by atoms with Crippen molar-refractivity contribution in [2.24, 2.45) is 0 Å². The van der Waals surface area contributed by atoms with Crippen LogP contribution in [-0.4, -0.2) is 12.4 Å². The fraction of sp³-hybridized carbons (Fsp3) is 0.0909. The lowest BCUT2D eigenvalue weighted by Gasteiger charge is -2.14. The molecule has 3 aromatic rings. The van der Waals surface area contributed by atoms with E-state index < -0.39 is 12.1 Å². The summed E-state index contributed by atoms with van der Waals surface area (Å²) < 4.78 is 10.2. The van der Waals surface area contributed by atoms with Crippen molar-refractivity contribution in [1.82, 2.24) is 0 Å². The van der Waals surface area contributed by atoms with Gasteiger partial charge in [-0.2, -0.15) is 0 Å². The molecule has 0 fully saturated rings. The van der Waals surface area contributed by atoms with Crippen molar-refractivity contribution in [2.75, 3.05) is 0 Å². The van der Waals surface area contributed by atoms with Gasteiger partial charge in [0, 0.05) is 5.56 Å². The highest BCUT2D eigenvalue weighted by molar-refractivity contribution is 5.77. The van der Waals surface area contributed by atoms with E-state index in [-0.39, 0.29) is 13.1 Å². The molecule has 0 aromatic heterocycles. The number of esters is 1. The first-order valence-electron chi connectivity index (χ1n) is 8.23. The average molecular weight is 346 g/mol. The maximum Gasteiger partial charge on any atom is 0.352 e. The molecule has 0 radical (unpaired) electrons. The Balaban J connectivity index is 1.64. The van der Waals surface area contributed by atoms with E-state index >= 15 is 0 Å². The summed E-state index contributed by atoms with van der Waals surface area (Å²) in [4.78, 5) is 23.0. The molecule has 0 aliphatic rings. The molecule has 4 nitrogen and oxygen atoms in total. The first kappa shape index (κ1) is 17.4. The van der Waals surface area contributed by atoms with Gasteiger partial charge in [-0.05, 0) is 16.7 Å². The van der Waals surface area contributed by atoms with Crippen LogP contribution in [0.2, 0.25) is 0 Å². The predicted molar refractivity (Wildman–Crippen MR) is 98.0 cm³/mol. The Morgan fingerprint density at radius 3 is 2.00 bits per heavy atom. The molecule has 3 aromatic carbocycles. The van der Waals surface area contributed by atoms with Gasteiger partial charge in [0.15, 0.2) is 0 Å². The van der Waals surface area contributed by atoms with Crippen molar-refractivity contribution in [3.8, 4) is 11.1 Å². The van der Waals surface area contributed by atoms with Gasteiger partial charge in [-0.3, -0.25) is 4.79 Å². The van der Waals surface area contributed by atoms with Gasteiger partial charge < -0.3 is 9.47 Å². The molecule has 4 heteroatoms. The van der Waals surface area contributed by atoms with E-state index in [2.05, 4.69) is 0 Å². The molecular formula is C22H18O4. The molecule has 0 bridgehead atoms. The van der Waals surface area contributed by atoms with E-state index in [0.717, 1.165) is 16.7 Å². The Hall–Kier alpha value is -3.40. The van der Waals surface area contributed by atoms with Crippen molar-refractivity contribution in [3.05, 3.63) is 96.1 Å². The molecular weight excluding hydrogens is 328 g/mol. The topological polar surface area (TPSA) is 52.6 Å². The number of benzene rings is 3. The number of carbonyl (C=O) groups is 2. The van der Waals surface area contributed by atoms with E-state index in [9.17, 15) is 9.59 Å². The van der Waals surface area contributed by atoms with Crippen LogP contribution in [0.4, 0.5) is 0 Å². The smallest absolute Gasteiger partial charge is 0.352 e. The van der Waals surface area contributed by atoms with Gasteiger partial charge in [0.25, 0.3) is 6.47 Å². The minimum absolute atomic E-state index is 0.111. The monoisotopic (exact) mass is 346 g/mol. The molecule has 0 aliphatic heterocycles. The van der Waals surface area contributed by atoms with Gasteiger partial charge in [-0.15, -0.1) is 0 Å². The summed E-state index contributed by atoms with van der Waals surface area (Å²) in [6, 6.07) is 26.6. The van der Waals surface area contributed by atoms with Gasteiger partial charge in [0.05, 0.1) is 0 Å². The highest BCUT2D eigenvalue weighted by atomic mass is 16.6. The fourth-order valence-electron chi connectivity index (χ4n) is 2.61. The quantitative estimate of drug-likeness (QED) is 0.472. The SMILES string of the molecule is O=COC(C(=O)OCc1ccc(-c2ccccc2)cc1)c1ccccc1. The highest BCUT2D eigenvalue weighted by Gasteiger charge is 2.23. The maximum absolute atomic E-state index is 12.3. The van der Waals surface area contributed by atoms with Gasteiger partial charge in [-0.1, -0.05) is 84.9 Å². The van der Waals surface area contributed by atoms with E-state index in [1.54, 1.807) is 24.3 Å². The molecule has 0 amide bonds. The molecule has 0 heterocycles. The number of hydrogen-bond acceptors (Lipinski definition) is 4. The summed E-state index contributed by atoms with van der Waals surface area (Å²) in [7, 11) is 0. The Morgan fingerprint density at radius 1 is 0.808 bits per heavy atom. The molecule has 3 rings (SSSR count). The molecule has 26 heavy (non-hydrogen) atoms. The minimum Gasteiger partial charge on any atom is -0.458 e. The molecule has 0 saturated heterocycles. The Labute approximate surface area is 152 Å². The van der Waals surface area contributed by atoms with Crippen LogP contribution >= 0.6 is 0 Å². The van der Waals surface area contributed by atoms with E-state index in [4.69, 9.17) is 9.47 Å². The normalized spacial score (nSPS) is 11.4. The van der Waals surface area contributed by atoms with Crippen molar-refractivity contribution < 1.29 is 19.1 Å². The molecule has 130 valence electrons. The van der Waals surface area contributed by atoms with Crippen LogP contribution in [0, 0.1) is 0 Å². The van der Waals surface area contributed by atoms with Crippen LogP contribution in [0.15, 0.2) is 84.9 Å². The average Bonchev–Trinajstić information content (AvgIpc) is 2.72. The molecule has 1 unspecified atom stereocenters. The van der Waals surface area contributed by atoms with Crippen LogP contribution in [0.25, 0.3) is 11.1 Å². The van der Waals surface area contributed by atoms with Gasteiger partial charge in [0.2, 0.25) is 6.10 Å². The lowest BCUT2D eigenvalue weighted by Crippen LogP contribution is -2.18. The van der Waals surface area contributed by atoms with E-state index in [1.165, 1.54) is 0 Å². The third-order valence-electron chi connectivity index (χ3n) is 3.95. The Kier molecular flexibility index (Phi) is 5.78. The summed E-state index contributed by atoms with van der Waals surface area (Å²) in [5, 5.41) is 0. The van der Waals surface area contributed by atoms with Crippen molar-refractivity contribution >= 4 is 12.4 Å². The van der Waals surface area contributed by atoms with Crippen LogP contribution in [0.1, 0.15) is 17.2 Å². The summed E-state index contributed by atoms with van der Waals surface area (Å²) in [6.45, 7) is 0.368. The third kappa shape index (κ3) is 4.36. The second-order valence-electron chi connectivity index (χ2n) is 5.69. The zero-order valence-electron chi connectivity index (χ0n) is 14.1. The van der Waals surface area contributed by atoms with Crippen molar-refractivity contribution in [2.45, 2.75) is 12.7 Å². The Bertz CT molecular complexity index is 842. The summed E-state index contributed by atoms with van der Waals surface area (Å²) >= 11 is 0.